The number of piperazine rings is 1. The lowest BCUT2D eigenvalue weighted by molar-refractivity contribution is 0.143. The Balaban J connectivity index is 1.85. The number of nitrogens with one attached hydrogen (secondary N) is 1. The lowest BCUT2D eigenvalue weighted by atomic mass is 10.1. The van der Waals surface area contributed by atoms with Gasteiger partial charge in [0.1, 0.15) is 0 Å². The van der Waals surface area contributed by atoms with Gasteiger partial charge in [-0.25, -0.2) is 4.79 Å². The van der Waals surface area contributed by atoms with E-state index < -0.39 is 0 Å². The average molecular weight is 335 g/mol. The number of urea groups is 1. The molecule has 134 valence electrons. The molecule has 0 atom stereocenters. The predicted octanol–water partition coefficient (Wildman–Crippen LogP) is 2.90. The molecule has 6 heteroatoms. The monoisotopic (exact) mass is 335 g/mol. The number of amides is 2. The van der Waals surface area contributed by atoms with E-state index in [9.17, 15) is 4.79 Å². The molecule has 2 amide bonds. The van der Waals surface area contributed by atoms with E-state index in [1.165, 1.54) is 6.42 Å². The molecule has 1 aromatic rings. The lowest BCUT2D eigenvalue weighted by Crippen LogP contribution is -2.50. The molecule has 1 heterocycles. The number of methoxy groups -OCH3 is 2. The number of benzene rings is 1. The van der Waals surface area contributed by atoms with Gasteiger partial charge in [-0.3, -0.25) is 4.90 Å². The number of nitrogens with zero attached hydrogens (tertiary/aromatic N) is 2. The molecule has 0 unspecified atom stereocenters. The van der Waals surface area contributed by atoms with E-state index in [4.69, 9.17) is 9.47 Å². The minimum absolute atomic E-state index is 0.0641. The number of carbonyl (C=O) groups is 1. The van der Waals surface area contributed by atoms with Crippen LogP contribution in [0, 0.1) is 5.92 Å². The molecule has 6 nitrogen and oxygen atoms in total. The summed E-state index contributed by atoms with van der Waals surface area (Å²) in [5, 5.41) is 2.94. The SMILES string of the molecule is COc1ccc(NC(=O)N2CCN(CCC(C)C)CC2)cc1OC. The Morgan fingerprint density at radius 1 is 1.12 bits per heavy atom. The van der Waals surface area contributed by atoms with Crippen molar-refractivity contribution in [2.75, 3.05) is 52.3 Å². The van der Waals surface area contributed by atoms with Crippen LogP contribution < -0.4 is 14.8 Å². The van der Waals surface area contributed by atoms with Gasteiger partial charge in [-0.1, -0.05) is 13.8 Å². The van der Waals surface area contributed by atoms with E-state index in [1.54, 1.807) is 26.4 Å². The van der Waals surface area contributed by atoms with Crippen molar-refractivity contribution in [3.05, 3.63) is 18.2 Å². The van der Waals surface area contributed by atoms with Gasteiger partial charge in [-0.2, -0.15) is 0 Å². The van der Waals surface area contributed by atoms with Gasteiger partial charge in [0.2, 0.25) is 0 Å². The molecule has 1 aromatic carbocycles. The highest BCUT2D eigenvalue weighted by atomic mass is 16.5. The molecule has 0 spiro atoms. The zero-order valence-corrected chi connectivity index (χ0v) is 15.2. The van der Waals surface area contributed by atoms with Gasteiger partial charge in [-0.05, 0) is 31.0 Å². The van der Waals surface area contributed by atoms with Gasteiger partial charge in [0, 0.05) is 37.9 Å². The highest BCUT2D eigenvalue weighted by Gasteiger charge is 2.21. The highest BCUT2D eigenvalue weighted by molar-refractivity contribution is 5.89. The first-order valence-corrected chi connectivity index (χ1v) is 8.53. The number of hydrogen-bond acceptors (Lipinski definition) is 4. The Kier molecular flexibility index (Phi) is 6.73. The fourth-order valence-corrected chi connectivity index (χ4v) is 2.73. The maximum Gasteiger partial charge on any atom is 0.321 e. The van der Waals surface area contributed by atoms with Crippen LogP contribution >= 0.6 is 0 Å². The second kappa shape index (κ2) is 8.78. The summed E-state index contributed by atoms with van der Waals surface area (Å²) in [5.74, 6) is 1.97. The van der Waals surface area contributed by atoms with Gasteiger partial charge >= 0.3 is 6.03 Å². The van der Waals surface area contributed by atoms with Crippen LogP contribution in [0.3, 0.4) is 0 Å². The maximum absolute atomic E-state index is 12.4. The predicted molar refractivity (Wildman–Crippen MR) is 96.0 cm³/mol. The number of carbonyl (C=O) groups excluding carboxylic acids is 1. The zero-order chi connectivity index (χ0) is 17.5. The maximum atomic E-state index is 12.4. The summed E-state index contributed by atoms with van der Waals surface area (Å²) in [7, 11) is 3.18. The van der Waals surface area contributed by atoms with Crippen molar-refractivity contribution in [2.24, 2.45) is 5.92 Å². The standard InChI is InChI=1S/C18H29N3O3/c1-14(2)7-8-20-9-11-21(12-10-20)18(22)19-15-5-6-16(23-3)17(13-15)24-4/h5-6,13-14H,7-12H2,1-4H3,(H,19,22). The van der Waals surface area contributed by atoms with Crippen molar-refractivity contribution in [2.45, 2.75) is 20.3 Å². The Morgan fingerprint density at radius 3 is 2.38 bits per heavy atom. The fourth-order valence-electron chi connectivity index (χ4n) is 2.73. The van der Waals surface area contributed by atoms with Crippen LogP contribution in [0.1, 0.15) is 20.3 Å². The van der Waals surface area contributed by atoms with Crippen molar-refractivity contribution in [3.63, 3.8) is 0 Å². The highest BCUT2D eigenvalue weighted by Crippen LogP contribution is 2.29. The van der Waals surface area contributed by atoms with E-state index >= 15 is 0 Å². The number of anilines is 1. The second-order valence-electron chi connectivity index (χ2n) is 6.51. The molecule has 0 bridgehead atoms. The van der Waals surface area contributed by atoms with Crippen molar-refractivity contribution in [3.8, 4) is 11.5 Å². The van der Waals surface area contributed by atoms with Crippen LogP contribution in [0.4, 0.5) is 10.5 Å². The molecule has 0 radical (unpaired) electrons. The third kappa shape index (κ3) is 5.03. The molecular weight excluding hydrogens is 306 g/mol. The van der Waals surface area contributed by atoms with E-state index in [0.29, 0.717) is 17.2 Å². The summed E-state index contributed by atoms with van der Waals surface area (Å²) in [6, 6.07) is 5.32. The molecule has 24 heavy (non-hydrogen) atoms. The molecular formula is C18H29N3O3. The normalized spacial score (nSPS) is 15.5. The fraction of sp³-hybridized carbons (Fsp3) is 0.611. The molecule has 1 fully saturated rings. The minimum atomic E-state index is -0.0641. The summed E-state index contributed by atoms with van der Waals surface area (Å²) < 4.78 is 10.5. The Bertz CT molecular complexity index is 540. The Hall–Kier alpha value is -1.95. The quantitative estimate of drug-likeness (QED) is 0.868. The van der Waals surface area contributed by atoms with Gasteiger partial charge in [0.15, 0.2) is 11.5 Å². The van der Waals surface area contributed by atoms with Crippen molar-refractivity contribution in [1.29, 1.82) is 0 Å². The Labute approximate surface area is 144 Å². The smallest absolute Gasteiger partial charge is 0.321 e. The third-order valence-electron chi connectivity index (χ3n) is 4.32. The van der Waals surface area contributed by atoms with Gasteiger partial charge < -0.3 is 19.7 Å². The van der Waals surface area contributed by atoms with E-state index in [-0.39, 0.29) is 6.03 Å². The Morgan fingerprint density at radius 2 is 1.79 bits per heavy atom. The number of hydrogen-bond donors (Lipinski definition) is 1. The van der Waals surface area contributed by atoms with Crippen molar-refractivity contribution >= 4 is 11.7 Å². The van der Waals surface area contributed by atoms with Crippen LogP contribution in [0.5, 0.6) is 11.5 Å². The van der Waals surface area contributed by atoms with E-state index in [2.05, 4.69) is 24.1 Å². The van der Waals surface area contributed by atoms with Crippen LogP contribution in [0.15, 0.2) is 18.2 Å². The third-order valence-corrected chi connectivity index (χ3v) is 4.32. The molecule has 0 saturated carbocycles. The molecule has 0 aliphatic carbocycles. The molecule has 0 aromatic heterocycles. The lowest BCUT2D eigenvalue weighted by Gasteiger charge is -2.35. The van der Waals surface area contributed by atoms with E-state index in [0.717, 1.165) is 38.6 Å². The number of rotatable bonds is 6. The first-order chi connectivity index (χ1) is 11.5. The molecule has 1 N–H and O–H groups in total. The molecule has 1 saturated heterocycles. The molecule has 1 aliphatic heterocycles. The summed E-state index contributed by atoms with van der Waals surface area (Å²) >= 11 is 0. The minimum Gasteiger partial charge on any atom is -0.493 e. The summed E-state index contributed by atoms with van der Waals surface area (Å²) in [6.45, 7) is 9.00. The van der Waals surface area contributed by atoms with Crippen LogP contribution in [-0.2, 0) is 0 Å². The topological polar surface area (TPSA) is 54.0 Å². The zero-order valence-electron chi connectivity index (χ0n) is 15.2. The summed E-state index contributed by atoms with van der Waals surface area (Å²) in [6.07, 6.45) is 1.21. The molecule has 1 aliphatic rings. The van der Waals surface area contributed by atoms with Crippen molar-refractivity contribution < 1.29 is 14.3 Å². The van der Waals surface area contributed by atoms with Gasteiger partial charge in [0.25, 0.3) is 0 Å². The van der Waals surface area contributed by atoms with Crippen LogP contribution in [0.25, 0.3) is 0 Å². The molecule has 2 rings (SSSR count). The van der Waals surface area contributed by atoms with Crippen molar-refractivity contribution in [1.82, 2.24) is 9.80 Å². The summed E-state index contributed by atoms with van der Waals surface area (Å²) in [4.78, 5) is 16.7. The average Bonchev–Trinajstić information content (AvgIpc) is 2.60. The first kappa shape index (κ1) is 18.4. The largest absolute Gasteiger partial charge is 0.493 e. The summed E-state index contributed by atoms with van der Waals surface area (Å²) in [5.41, 5.74) is 0.708. The van der Waals surface area contributed by atoms with Gasteiger partial charge in [0.05, 0.1) is 14.2 Å². The number of ether oxygens (including phenoxy) is 2. The van der Waals surface area contributed by atoms with Crippen LogP contribution in [-0.4, -0.2) is 62.8 Å². The van der Waals surface area contributed by atoms with Crippen LogP contribution in [0.2, 0.25) is 0 Å². The van der Waals surface area contributed by atoms with E-state index in [1.807, 2.05) is 11.0 Å². The second-order valence-corrected chi connectivity index (χ2v) is 6.51. The van der Waals surface area contributed by atoms with Gasteiger partial charge in [-0.15, -0.1) is 0 Å². The first-order valence-electron chi connectivity index (χ1n) is 8.53.